The minimum absolute atomic E-state index is 0. The fourth-order valence-electron chi connectivity index (χ4n) is 2.63. The van der Waals surface area contributed by atoms with Crippen LogP contribution in [0.5, 0.6) is 0 Å². The van der Waals surface area contributed by atoms with E-state index in [4.69, 9.17) is 0 Å². The van der Waals surface area contributed by atoms with E-state index in [1.165, 1.54) is 4.31 Å². The third kappa shape index (κ3) is 10.1. The molecule has 2 N–H and O–H groups in total. The maximum Gasteiger partial charge on any atom is 0.253 e. The number of sulfonamides is 1. The second-order valence-corrected chi connectivity index (χ2v) is 9.28. The van der Waals surface area contributed by atoms with Gasteiger partial charge in [-0.1, -0.05) is 12.1 Å². The first-order valence-corrected chi connectivity index (χ1v) is 11.6. The van der Waals surface area contributed by atoms with Crippen LogP contribution in [0.25, 0.3) is 0 Å². The predicted molar refractivity (Wildman–Crippen MR) is 134 cm³/mol. The largest absolute Gasteiger partial charge is 0.357 e. The minimum Gasteiger partial charge on any atom is -0.357 e. The number of guanidine groups is 1. The van der Waals surface area contributed by atoms with Gasteiger partial charge in [-0.25, -0.2) is 12.7 Å². The zero-order chi connectivity index (χ0) is 21.9. The number of halogens is 1. The molecule has 0 saturated carbocycles. The highest BCUT2D eigenvalue weighted by molar-refractivity contribution is 14.0. The van der Waals surface area contributed by atoms with Gasteiger partial charge in [0.05, 0.1) is 5.75 Å². The van der Waals surface area contributed by atoms with Crippen molar-refractivity contribution in [2.24, 2.45) is 4.99 Å². The zero-order valence-electron chi connectivity index (χ0n) is 18.6. The summed E-state index contributed by atoms with van der Waals surface area (Å²) in [5.74, 6) is 0.803. The average molecular weight is 554 g/mol. The van der Waals surface area contributed by atoms with Crippen LogP contribution in [-0.4, -0.2) is 82.6 Å². The fraction of sp³-hybridized carbons (Fsp3) is 0.600. The smallest absolute Gasteiger partial charge is 0.253 e. The molecule has 1 aromatic rings. The van der Waals surface area contributed by atoms with Crippen LogP contribution in [0.3, 0.4) is 0 Å². The van der Waals surface area contributed by atoms with Crippen molar-refractivity contribution in [1.29, 1.82) is 0 Å². The number of nitrogens with zero attached hydrogens (tertiary/aromatic N) is 3. The lowest BCUT2D eigenvalue weighted by Crippen LogP contribution is -2.38. The van der Waals surface area contributed by atoms with E-state index in [0.29, 0.717) is 37.6 Å². The van der Waals surface area contributed by atoms with Gasteiger partial charge in [-0.3, -0.25) is 9.79 Å². The molecule has 0 aliphatic heterocycles. The van der Waals surface area contributed by atoms with Crippen molar-refractivity contribution in [2.45, 2.75) is 26.7 Å². The van der Waals surface area contributed by atoms with Crippen LogP contribution in [0.1, 0.15) is 36.2 Å². The number of nitrogens with one attached hydrogen (secondary N) is 2. The highest BCUT2D eigenvalue weighted by atomic mass is 127. The van der Waals surface area contributed by atoms with Crippen molar-refractivity contribution in [3.05, 3.63) is 35.4 Å². The number of hydrogen-bond donors (Lipinski definition) is 2. The quantitative estimate of drug-likeness (QED) is 0.189. The number of carbonyl (C=O) groups excluding carboxylic acids is 1. The van der Waals surface area contributed by atoms with Crippen LogP contribution < -0.4 is 10.6 Å². The number of rotatable bonds is 11. The van der Waals surface area contributed by atoms with E-state index in [9.17, 15) is 13.2 Å². The molecule has 30 heavy (non-hydrogen) atoms. The van der Waals surface area contributed by atoms with Gasteiger partial charge in [-0.05, 0) is 44.4 Å². The van der Waals surface area contributed by atoms with E-state index in [1.54, 1.807) is 33.0 Å². The summed E-state index contributed by atoms with van der Waals surface area (Å²) in [5, 5.41) is 6.47. The first kappa shape index (κ1) is 28.6. The van der Waals surface area contributed by atoms with Crippen molar-refractivity contribution in [3.63, 3.8) is 0 Å². The maximum absolute atomic E-state index is 12.1. The van der Waals surface area contributed by atoms with E-state index in [-0.39, 0.29) is 35.6 Å². The van der Waals surface area contributed by atoms with Crippen molar-refractivity contribution in [1.82, 2.24) is 19.8 Å². The van der Waals surface area contributed by atoms with Gasteiger partial charge in [-0.2, -0.15) is 0 Å². The molecule has 1 rings (SSSR count). The predicted octanol–water partition coefficient (Wildman–Crippen LogP) is 1.78. The minimum atomic E-state index is -3.14. The van der Waals surface area contributed by atoms with Gasteiger partial charge in [0.25, 0.3) is 5.91 Å². The first-order chi connectivity index (χ1) is 13.7. The molecule has 0 aromatic heterocycles. The summed E-state index contributed by atoms with van der Waals surface area (Å²) < 4.78 is 24.9. The second-order valence-electron chi connectivity index (χ2n) is 6.91. The monoisotopic (exact) mass is 553 g/mol. The summed E-state index contributed by atoms with van der Waals surface area (Å²) in [6, 6.07) is 7.63. The van der Waals surface area contributed by atoms with Crippen molar-refractivity contribution in [2.75, 3.05) is 53.1 Å². The van der Waals surface area contributed by atoms with Gasteiger partial charge >= 0.3 is 0 Å². The Morgan fingerprint density at radius 3 is 2.43 bits per heavy atom. The van der Waals surface area contributed by atoms with Gasteiger partial charge in [-0.15, -0.1) is 24.0 Å². The van der Waals surface area contributed by atoms with Crippen LogP contribution in [0.4, 0.5) is 0 Å². The molecule has 0 saturated heterocycles. The Kier molecular flexibility index (Phi) is 13.9. The van der Waals surface area contributed by atoms with E-state index < -0.39 is 10.0 Å². The maximum atomic E-state index is 12.1. The third-order valence-electron chi connectivity index (χ3n) is 4.37. The molecule has 0 spiro atoms. The molecule has 8 nitrogen and oxygen atoms in total. The van der Waals surface area contributed by atoms with Gasteiger partial charge < -0.3 is 15.5 Å². The van der Waals surface area contributed by atoms with Crippen molar-refractivity contribution in [3.8, 4) is 0 Å². The number of amides is 1. The second kappa shape index (κ2) is 14.6. The molecule has 0 unspecified atom stereocenters. The highest BCUT2D eigenvalue weighted by Crippen LogP contribution is 2.07. The lowest BCUT2D eigenvalue weighted by Gasteiger charge is -2.15. The molecule has 1 aromatic carbocycles. The molecular formula is C20H36IN5O3S. The number of carbonyl (C=O) groups is 1. The van der Waals surface area contributed by atoms with Crippen LogP contribution in [0.15, 0.2) is 29.3 Å². The summed E-state index contributed by atoms with van der Waals surface area (Å²) in [4.78, 5) is 18.2. The molecule has 1 amide bonds. The van der Waals surface area contributed by atoms with Crippen LogP contribution in [0, 0.1) is 0 Å². The van der Waals surface area contributed by atoms with Crippen molar-refractivity contribution >= 4 is 45.9 Å². The number of aliphatic imine (C=N–C) groups is 1. The SMILES string of the molecule is CCNC(=NCCCN(C)S(=O)(=O)CC)NCCc1cccc(C(=O)N(C)C)c1.I. The Labute approximate surface area is 198 Å². The topological polar surface area (TPSA) is 94.1 Å². The molecule has 0 bridgehead atoms. The van der Waals surface area contributed by atoms with E-state index in [0.717, 1.165) is 18.5 Å². The molecule has 0 aliphatic carbocycles. The molecule has 0 aliphatic rings. The standard InChI is InChI=1S/C20H35N5O3S.HI/c1-6-21-20(22-13-9-15-25(5)29(27,28)7-2)23-14-12-17-10-8-11-18(16-17)19(26)24(3)4;/h8,10-11,16H,6-7,9,12-15H2,1-5H3,(H2,21,22,23);1H. The lowest BCUT2D eigenvalue weighted by atomic mass is 10.1. The molecule has 10 heteroatoms. The Morgan fingerprint density at radius 1 is 1.13 bits per heavy atom. The Bertz CT molecular complexity index is 784. The molecule has 0 radical (unpaired) electrons. The first-order valence-electron chi connectivity index (χ1n) is 9.98. The van der Waals surface area contributed by atoms with Gasteiger partial charge in [0.2, 0.25) is 10.0 Å². The van der Waals surface area contributed by atoms with Crippen LogP contribution in [-0.2, 0) is 16.4 Å². The third-order valence-corrected chi connectivity index (χ3v) is 6.23. The Hall–Kier alpha value is -1.40. The normalized spacial score (nSPS) is 11.7. The lowest BCUT2D eigenvalue weighted by molar-refractivity contribution is 0.0827. The molecule has 0 heterocycles. The van der Waals surface area contributed by atoms with E-state index >= 15 is 0 Å². The zero-order valence-corrected chi connectivity index (χ0v) is 21.8. The van der Waals surface area contributed by atoms with Crippen LogP contribution in [0.2, 0.25) is 0 Å². The summed E-state index contributed by atoms with van der Waals surface area (Å²) >= 11 is 0. The Balaban J connectivity index is 0.00000841. The summed E-state index contributed by atoms with van der Waals surface area (Å²) in [6.45, 7) is 6.04. The van der Waals surface area contributed by atoms with Gasteiger partial charge in [0, 0.05) is 52.9 Å². The van der Waals surface area contributed by atoms with Gasteiger partial charge in [0.1, 0.15) is 0 Å². The van der Waals surface area contributed by atoms with Gasteiger partial charge in [0.15, 0.2) is 5.96 Å². The number of hydrogen-bond acceptors (Lipinski definition) is 4. The number of benzene rings is 1. The summed E-state index contributed by atoms with van der Waals surface area (Å²) in [7, 11) is 1.94. The molecular weight excluding hydrogens is 517 g/mol. The average Bonchev–Trinajstić information content (AvgIpc) is 2.70. The van der Waals surface area contributed by atoms with Crippen LogP contribution >= 0.6 is 24.0 Å². The molecule has 0 fully saturated rings. The molecule has 0 atom stereocenters. The molecule has 172 valence electrons. The highest BCUT2D eigenvalue weighted by Gasteiger charge is 2.13. The van der Waals surface area contributed by atoms with E-state index in [1.807, 2.05) is 31.2 Å². The fourth-order valence-corrected chi connectivity index (χ4v) is 3.48. The Morgan fingerprint density at radius 2 is 1.83 bits per heavy atom. The summed E-state index contributed by atoms with van der Waals surface area (Å²) in [5.41, 5.74) is 1.76. The van der Waals surface area contributed by atoms with E-state index in [2.05, 4.69) is 15.6 Å². The van der Waals surface area contributed by atoms with Crippen molar-refractivity contribution < 1.29 is 13.2 Å². The summed E-state index contributed by atoms with van der Waals surface area (Å²) in [6.07, 6.45) is 1.41.